The molecule has 2 rings (SSSR count). The number of guanidine groups is 1. The van der Waals surface area contributed by atoms with Gasteiger partial charge >= 0.3 is 0 Å². The second kappa shape index (κ2) is 10.1. The standard InChI is InChI=1S/C19H27FN4S/c1-4-21-19(22-10-5-6-18-24-15(3)13-25-18)23-11-9-16-7-8-17(20)12-14(16)2/h7-8,12-13H,4-6,9-11H2,1-3H3,(H2,21,22,23). The second-order valence-electron chi connectivity index (χ2n) is 5.99. The fourth-order valence-electron chi connectivity index (χ4n) is 2.54. The van der Waals surface area contributed by atoms with Gasteiger partial charge in [-0.25, -0.2) is 9.37 Å². The summed E-state index contributed by atoms with van der Waals surface area (Å²) < 4.78 is 13.1. The average Bonchev–Trinajstić information content (AvgIpc) is 2.99. The number of rotatable bonds is 8. The maximum Gasteiger partial charge on any atom is 0.191 e. The molecule has 6 heteroatoms. The molecule has 0 amide bonds. The van der Waals surface area contributed by atoms with E-state index in [2.05, 4.69) is 32.9 Å². The number of aryl methyl sites for hydroxylation is 3. The van der Waals surface area contributed by atoms with Crippen LogP contribution in [0.5, 0.6) is 0 Å². The molecule has 0 saturated heterocycles. The number of hydrogen-bond acceptors (Lipinski definition) is 3. The van der Waals surface area contributed by atoms with Crippen LogP contribution in [0.4, 0.5) is 4.39 Å². The van der Waals surface area contributed by atoms with Crippen LogP contribution in [0, 0.1) is 19.7 Å². The Labute approximate surface area is 153 Å². The van der Waals surface area contributed by atoms with Crippen LogP contribution in [0.1, 0.15) is 35.2 Å². The van der Waals surface area contributed by atoms with E-state index in [-0.39, 0.29) is 5.82 Å². The van der Waals surface area contributed by atoms with E-state index in [0.717, 1.165) is 61.7 Å². The third-order valence-electron chi connectivity index (χ3n) is 3.82. The maximum absolute atomic E-state index is 13.1. The first-order valence-corrected chi connectivity index (χ1v) is 9.64. The van der Waals surface area contributed by atoms with Gasteiger partial charge in [0.05, 0.1) is 5.01 Å². The zero-order valence-electron chi connectivity index (χ0n) is 15.2. The Bertz CT molecular complexity index is 696. The van der Waals surface area contributed by atoms with E-state index in [9.17, 15) is 4.39 Å². The molecule has 25 heavy (non-hydrogen) atoms. The molecule has 1 heterocycles. The van der Waals surface area contributed by atoms with Gasteiger partial charge in [0.2, 0.25) is 0 Å². The molecule has 0 atom stereocenters. The molecule has 0 saturated carbocycles. The minimum Gasteiger partial charge on any atom is -0.357 e. The molecule has 136 valence electrons. The van der Waals surface area contributed by atoms with Gasteiger partial charge in [-0.05, 0) is 56.9 Å². The topological polar surface area (TPSA) is 49.3 Å². The highest BCUT2D eigenvalue weighted by Gasteiger charge is 2.02. The molecule has 4 nitrogen and oxygen atoms in total. The van der Waals surface area contributed by atoms with Crippen LogP contribution in [0.3, 0.4) is 0 Å². The van der Waals surface area contributed by atoms with Gasteiger partial charge in [0.25, 0.3) is 0 Å². The summed E-state index contributed by atoms with van der Waals surface area (Å²) in [5.74, 6) is 0.650. The van der Waals surface area contributed by atoms with Gasteiger partial charge in [-0.2, -0.15) is 0 Å². The number of aromatic nitrogens is 1. The van der Waals surface area contributed by atoms with E-state index >= 15 is 0 Å². The first-order valence-electron chi connectivity index (χ1n) is 8.76. The summed E-state index contributed by atoms with van der Waals surface area (Å²) in [6, 6.07) is 4.95. The number of halogens is 1. The number of thiazole rings is 1. The van der Waals surface area contributed by atoms with Crippen LogP contribution in [0.2, 0.25) is 0 Å². The molecule has 0 radical (unpaired) electrons. The zero-order valence-corrected chi connectivity index (χ0v) is 16.0. The Kier molecular flexibility index (Phi) is 7.85. The minimum atomic E-state index is -0.181. The zero-order chi connectivity index (χ0) is 18.1. The van der Waals surface area contributed by atoms with Crippen molar-refractivity contribution in [3.8, 4) is 0 Å². The molecular weight excluding hydrogens is 335 g/mol. The van der Waals surface area contributed by atoms with Crippen LogP contribution < -0.4 is 10.6 Å². The molecule has 0 spiro atoms. The summed E-state index contributed by atoms with van der Waals surface area (Å²) in [5, 5.41) is 9.87. The van der Waals surface area contributed by atoms with Gasteiger partial charge in [0, 0.05) is 37.1 Å². The Balaban J connectivity index is 1.76. The van der Waals surface area contributed by atoms with Crippen molar-refractivity contribution in [3.05, 3.63) is 51.2 Å². The van der Waals surface area contributed by atoms with E-state index in [1.54, 1.807) is 17.4 Å². The summed E-state index contributed by atoms with van der Waals surface area (Å²) in [7, 11) is 0. The lowest BCUT2D eigenvalue weighted by atomic mass is 10.1. The predicted octanol–water partition coefficient (Wildman–Crippen LogP) is 3.63. The van der Waals surface area contributed by atoms with Crippen molar-refractivity contribution in [1.29, 1.82) is 0 Å². The van der Waals surface area contributed by atoms with Gasteiger partial charge in [-0.1, -0.05) is 6.07 Å². The lowest BCUT2D eigenvalue weighted by molar-refractivity contribution is 0.625. The van der Waals surface area contributed by atoms with Crippen molar-refractivity contribution < 1.29 is 4.39 Å². The van der Waals surface area contributed by atoms with Crippen molar-refractivity contribution in [2.45, 2.75) is 40.0 Å². The van der Waals surface area contributed by atoms with E-state index in [1.165, 1.54) is 11.1 Å². The smallest absolute Gasteiger partial charge is 0.191 e. The number of hydrogen-bond donors (Lipinski definition) is 2. The monoisotopic (exact) mass is 362 g/mol. The lowest BCUT2D eigenvalue weighted by Crippen LogP contribution is -2.38. The van der Waals surface area contributed by atoms with Crippen LogP contribution in [-0.4, -0.2) is 30.6 Å². The van der Waals surface area contributed by atoms with E-state index in [0.29, 0.717) is 0 Å². The van der Waals surface area contributed by atoms with Crippen molar-refractivity contribution in [2.24, 2.45) is 4.99 Å². The predicted molar refractivity (Wildman–Crippen MR) is 104 cm³/mol. The quantitative estimate of drug-likeness (QED) is 0.428. The van der Waals surface area contributed by atoms with Crippen molar-refractivity contribution in [1.82, 2.24) is 15.6 Å². The molecule has 2 aromatic rings. The van der Waals surface area contributed by atoms with Gasteiger partial charge in [-0.3, -0.25) is 4.99 Å². The van der Waals surface area contributed by atoms with Gasteiger partial charge in [0.1, 0.15) is 5.82 Å². The summed E-state index contributed by atoms with van der Waals surface area (Å²) in [6.45, 7) is 8.38. The lowest BCUT2D eigenvalue weighted by Gasteiger charge is -2.12. The van der Waals surface area contributed by atoms with E-state index in [1.807, 2.05) is 19.9 Å². The van der Waals surface area contributed by atoms with Gasteiger partial charge in [0.15, 0.2) is 5.96 Å². The molecule has 1 aromatic heterocycles. The fourth-order valence-corrected chi connectivity index (χ4v) is 3.35. The summed E-state index contributed by atoms with van der Waals surface area (Å²) in [4.78, 5) is 9.09. The van der Waals surface area contributed by atoms with Crippen molar-refractivity contribution in [2.75, 3.05) is 19.6 Å². The molecule has 2 N–H and O–H groups in total. The number of nitrogens with zero attached hydrogens (tertiary/aromatic N) is 2. The molecule has 0 aliphatic carbocycles. The Morgan fingerprint density at radius 2 is 2.08 bits per heavy atom. The highest BCUT2D eigenvalue weighted by Crippen LogP contribution is 2.11. The molecular formula is C19H27FN4S. The summed E-state index contributed by atoms with van der Waals surface area (Å²) >= 11 is 1.71. The highest BCUT2D eigenvalue weighted by molar-refractivity contribution is 7.09. The number of nitrogens with one attached hydrogen (secondary N) is 2. The van der Waals surface area contributed by atoms with Crippen LogP contribution >= 0.6 is 11.3 Å². The Morgan fingerprint density at radius 1 is 1.24 bits per heavy atom. The molecule has 0 unspecified atom stereocenters. The molecule has 0 aliphatic heterocycles. The van der Waals surface area contributed by atoms with Crippen LogP contribution in [0.25, 0.3) is 0 Å². The largest absolute Gasteiger partial charge is 0.357 e. The number of aliphatic imine (C=N–C) groups is 1. The number of benzene rings is 1. The summed E-state index contributed by atoms with van der Waals surface area (Å²) in [5.41, 5.74) is 3.24. The van der Waals surface area contributed by atoms with Gasteiger partial charge in [-0.15, -0.1) is 11.3 Å². The van der Waals surface area contributed by atoms with E-state index in [4.69, 9.17) is 0 Å². The highest BCUT2D eigenvalue weighted by atomic mass is 32.1. The third kappa shape index (κ3) is 6.82. The Morgan fingerprint density at radius 3 is 2.76 bits per heavy atom. The summed E-state index contributed by atoms with van der Waals surface area (Å²) in [6.07, 6.45) is 2.80. The normalized spacial score (nSPS) is 11.6. The van der Waals surface area contributed by atoms with Crippen molar-refractivity contribution >= 4 is 17.3 Å². The molecule has 0 bridgehead atoms. The van der Waals surface area contributed by atoms with E-state index < -0.39 is 0 Å². The molecule has 0 aliphatic rings. The third-order valence-corrected chi connectivity index (χ3v) is 4.85. The Hall–Kier alpha value is -1.95. The van der Waals surface area contributed by atoms with Crippen LogP contribution in [0.15, 0.2) is 28.6 Å². The average molecular weight is 363 g/mol. The SMILES string of the molecule is CCNC(=NCCCc1nc(C)cs1)NCCc1ccc(F)cc1C. The van der Waals surface area contributed by atoms with Gasteiger partial charge < -0.3 is 10.6 Å². The first-order chi connectivity index (χ1) is 12.1. The van der Waals surface area contributed by atoms with Crippen molar-refractivity contribution in [3.63, 3.8) is 0 Å². The molecule has 0 fully saturated rings. The maximum atomic E-state index is 13.1. The van der Waals surface area contributed by atoms with Crippen LogP contribution in [-0.2, 0) is 12.8 Å². The fraction of sp³-hybridized carbons (Fsp3) is 0.474. The second-order valence-corrected chi connectivity index (χ2v) is 6.94. The molecule has 1 aromatic carbocycles. The first kappa shape index (κ1) is 19.4. The minimum absolute atomic E-state index is 0.181.